The number of para-hydroxylation sites is 2. The van der Waals surface area contributed by atoms with Crippen molar-refractivity contribution in [3.05, 3.63) is 24.3 Å². The van der Waals surface area contributed by atoms with Crippen molar-refractivity contribution >= 4 is 46.5 Å². The number of oxazole rings is 1. The summed E-state index contributed by atoms with van der Waals surface area (Å²) in [7, 11) is 6.13. The first-order valence-corrected chi connectivity index (χ1v) is 12.1. The Balaban J connectivity index is 2.15. The molecule has 0 aliphatic rings. The number of thioether (sulfide) groups is 1. The van der Waals surface area contributed by atoms with Crippen LogP contribution in [-0.2, 0) is 19.2 Å². The zero-order valence-electron chi connectivity index (χ0n) is 20.0. The zero-order valence-corrected chi connectivity index (χ0v) is 20.8. The highest BCUT2D eigenvalue weighted by atomic mass is 32.2. The van der Waals surface area contributed by atoms with Crippen molar-refractivity contribution < 1.29 is 23.6 Å². The van der Waals surface area contributed by atoms with Crippen LogP contribution in [0.3, 0.4) is 0 Å². The molecular formula is C23H33N5O5S. The monoisotopic (exact) mass is 491 g/mol. The van der Waals surface area contributed by atoms with Crippen molar-refractivity contribution in [1.29, 1.82) is 0 Å². The average Bonchev–Trinajstić information content (AvgIpc) is 3.28. The van der Waals surface area contributed by atoms with Gasteiger partial charge in [0.15, 0.2) is 5.58 Å². The minimum absolute atomic E-state index is 0.168. The maximum absolute atomic E-state index is 12.7. The molecule has 2 rings (SSSR count). The van der Waals surface area contributed by atoms with E-state index >= 15 is 0 Å². The van der Waals surface area contributed by atoms with Crippen molar-refractivity contribution in [2.75, 3.05) is 33.9 Å². The third-order valence-corrected chi connectivity index (χ3v) is 6.66. The predicted octanol–water partition coefficient (Wildman–Crippen LogP) is 1.31. The SMILES string of the molecule is CNC(=O)CCC(CC(CC(CSc1nc2ccccc2o1)C(=O)NC)C(=O)NC)C(=O)NC. The fourth-order valence-electron chi connectivity index (χ4n) is 3.73. The lowest BCUT2D eigenvalue weighted by Crippen LogP contribution is -2.38. The Morgan fingerprint density at radius 2 is 1.44 bits per heavy atom. The summed E-state index contributed by atoms with van der Waals surface area (Å²) in [6.45, 7) is 0. The van der Waals surface area contributed by atoms with Crippen LogP contribution in [0.5, 0.6) is 0 Å². The molecule has 4 N–H and O–H groups in total. The number of hydrogen-bond acceptors (Lipinski definition) is 7. The van der Waals surface area contributed by atoms with E-state index in [2.05, 4.69) is 26.3 Å². The van der Waals surface area contributed by atoms with Gasteiger partial charge in [-0.05, 0) is 31.4 Å². The molecule has 2 aromatic rings. The Morgan fingerprint density at radius 3 is 2.06 bits per heavy atom. The van der Waals surface area contributed by atoms with Crippen LogP contribution >= 0.6 is 11.8 Å². The number of benzene rings is 1. The van der Waals surface area contributed by atoms with Gasteiger partial charge in [-0.2, -0.15) is 0 Å². The number of fused-ring (bicyclic) bond motifs is 1. The first-order chi connectivity index (χ1) is 16.3. The van der Waals surface area contributed by atoms with Crippen LogP contribution in [0, 0.1) is 17.8 Å². The predicted molar refractivity (Wildman–Crippen MR) is 130 cm³/mol. The van der Waals surface area contributed by atoms with Gasteiger partial charge in [0, 0.05) is 58.1 Å². The normalized spacial score (nSPS) is 13.5. The van der Waals surface area contributed by atoms with Gasteiger partial charge in [0.2, 0.25) is 23.6 Å². The summed E-state index contributed by atoms with van der Waals surface area (Å²) in [5.74, 6) is -2.18. The van der Waals surface area contributed by atoms with Crippen LogP contribution in [0.25, 0.3) is 11.1 Å². The summed E-state index contributed by atoms with van der Waals surface area (Å²) in [6.07, 6.45) is 0.925. The Morgan fingerprint density at radius 1 is 0.853 bits per heavy atom. The van der Waals surface area contributed by atoms with Gasteiger partial charge in [0.05, 0.1) is 0 Å². The van der Waals surface area contributed by atoms with Gasteiger partial charge >= 0.3 is 0 Å². The molecule has 11 heteroatoms. The van der Waals surface area contributed by atoms with E-state index < -0.39 is 17.8 Å². The molecule has 1 heterocycles. The first-order valence-electron chi connectivity index (χ1n) is 11.2. The number of rotatable bonds is 13. The molecule has 0 saturated heterocycles. The molecule has 10 nitrogen and oxygen atoms in total. The molecule has 0 aliphatic carbocycles. The Kier molecular flexibility index (Phi) is 10.9. The maximum atomic E-state index is 12.7. The fraction of sp³-hybridized carbons (Fsp3) is 0.522. The van der Waals surface area contributed by atoms with Gasteiger partial charge in [-0.25, -0.2) is 4.98 Å². The van der Waals surface area contributed by atoms with E-state index in [1.54, 1.807) is 7.05 Å². The van der Waals surface area contributed by atoms with E-state index in [1.807, 2.05) is 24.3 Å². The highest BCUT2D eigenvalue weighted by molar-refractivity contribution is 7.99. The van der Waals surface area contributed by atoms with Crippen molar-refractivity contribution in [2.45, 2.75) is 30.9 Å². The fourth-order valence-corrected chi connectivity index (χ4v) is 4.67. The minimum Gasteiger partial charge on any atom is -0.431 e. The Bertz CT molecular complexity index is 962. The van der Waals surface area contributed by atoms with Crippen molar-refractivity contribution in [3.63, 3.8) is 0 Å². The highest BCUT2D eigenvalue weighted by Gasteiger charge is 2.31. The second-order valence-corrected chi connectivity index (χ2v) is 8.85. The molecule has 34 heavy (non-hydrogen) atoms. The smallest absolute Gasteiger partial charge is 0.256 e. The van der Waals surface area contributed by atoms with Gasteiger partial charge in [-0.3, -0.25) is 19.2 Å². The third kappa shape index (κ3) is 7.75. The number of nitrogens with zero attached hydrogens (tertiary/aromatic N) is 1. The van der Waals surface area contributed by atoms with Crippen molar-refractivity contribution in [2.24, 2.45) is 17.8 Å². The van der Waals surface area contributed by atoms with Crippen LogP contribution < -0.4 is 21.3 Å². The maximum Gasteiger partial charge on any atom is 0.256 e. The average molecular weight is 492 g/mol. The summed E-state index contributed by atoms with van der Waals surface area (Å²) in [5.41, 5.74) is 1.39. The molecular weight excluding hydrogens is 458 g/mol. The minimum atomic E-state index is -0.594. The summed E-state index contributed by atoms with van der Waals surface area (Å²) in [4.78, 5) is 53.9. The molecule has 3 atom stereocenters. The van der Waals surface area contributed by atoms with E-state index in [9.17, 15) is 19.2 Å². The Labute approximate surface area is 203 Å². The van der Waals surface area contributed by atoms with Gasteiger partial charge in [0.1, 0.15) is 5.52 Å². The van der Waals surface area contributed by atoms with E-state index in [0.29, 0.717) is 23.0 Å². The highest BCUT2D eigenvalue weighted by Crippen LogP contribution is 2.29. The second-order valence-electron chi connectivity index (χ2n) is 7.88. The lowest BCUT2D eigenvalue weighted by atomic mass is 9.84. The van der Waals surface area contributed by atoms with Gasteiger partial charge < -0.3 is 25.7 Å². The van der Waals surface area contributed by atoms with Gasteiger partial charge in [-0.15, -0.1) is 0 Å². The zero-order chi connectivity index (χ0) is 25.1. The molecule has 0 aliphatic heterocycles. The van der Waals surface area contributed by atoms with Crippen LogP contribution in [0.1, 0.15) is 25.7 Å². The van der Waals surface area contributed by atoms with Gasteiger partial charge in [-0.1, -0.05) is 23.9 Å². The molecule has 1 aromatic heterocycles. The largest absolute Gasteiger partial charge is 0.431 e. The standard InChI is InChI=1S/C23H33N5O5S/c1-24-19(29)10-9-14(20(30)25-2)11-15(21(31)26-3)12-16(22(32)27-4)13-34-23-28-17-7-5-6-8-18(17)33-23/h5-8,14-16H,9-13H2,1-4H3,(H,24,29)(H,25,30)(H,26,31)(H,27,32). The molecule has 4 amide bonds. The van der Waals surface area contributed by atoms with E-state index in [1.165, 1.54) is 32.9 Å². The lowest BCUT2D eigenvalue weighted by molar-refractivity contribution is -0.129. The summed E-state index contributed by atoms with van der Waals surface area (Å²) < 4.78 is 5.73. The number of carbonyl (C=O) groups excluding carboxylic acids is 4. The molecule has 0 bridgehead atoms. The molecule has 0 radical (unpaired) electrons. The third-order valence-electron chi connectivity index (χ3n) is 5.67. The second kappa shape index (κ2) is 13.6. The number of amides is 4. The molecule has 0 fully saturated rings. The summed E-state index contributed by atoms with van der Waals surface area (Å²) >= 11 is 1.30. The number of carbonyl (C=O) groups is 4. The van der Waals surface area contributed by atoms with E-state index in [4.69, 9.17) is 4.42 Å². The van der Waals surface area contributed by atoms with Crippen molar-refractivity contribution in [3.8, 4) is 0 Å². The van der Waals surface area contributed by atoms with Crippen LogP contribution in [0.4, 0.5) is 0 Å². The number of hydrogen-bond donors (Lipinski definition) is 4. The molecule has 0 spiro atoms. The van der Waals surface area contributed by atoms with E-state index in [0.717, 1.165) is 5.52 Å². The van der Waals surface area contributed by atoms with Crippen LogP contribution in [0.2, 0.25) is 0 Å². The topological polar surface area (TPSA) is 142 Å². The van der Waals surface area contributed by atoms with Crippen LogP contribution in [0.15, 0.2) is 33.9 Å². The molecule has 0 saturated carbocycles. The van der Waals surface area contributed by atoms with Crippen LogP contribution in [-0.4, -0.2) is 62.6 Å². The lowest BCUT2D eigenvalue weighted by Gasteiger charge is -2.24. The Hall–Kier alpha value is -3.08. The van der Waals surface area contributed by atoms with Gasteiger partial charge in [0.25, 0.3) is 5.22 Å². The van der Waals surface area contributed by atoms with Crippen molar-refractivity contribution in [1.82, 2.24) is 26.3 Å². The number of nitrogens with one attached hydrogen (secondary N) is 4. The molecule has 186 valence electrons. The molecule has 1 aromatic carbocycles. The quantitative estimate of drug-likeness (QED) is 0.310. The number of aromatic nitrogens is 1. The summed E-state index contributed by atoms with van der Waals surface area (Å²) in [5, 5.41) is 10.9. The molecule has 3 unspecified atom stereocenters. The summed E-state index contributed by atoms with van der Waals surface area (Å²) in [6, 6.07) is 7.39. The first kappa shape index (κ1) is 27.2. The van der Waals surface area contributed by atoms with E-state index in [-0.39, 0.29) is 42.9 Å².